The largest absolute Gasteiger partial charge is 0.352 e. The number of sulfonamides is 1. The molecule has 1 aromatic carbocycles. The Labute approximate surface area is 151 Å². The summed E-state index contributed by atoms with van der Waals surface area (Å²) in [5.41, 5.74) is 1.17. The Morgan fingerprint density at radius 2 is 1.96 bits per heavy atom. The molecule has 0 fully saturated rings. The first kappa shape index (κ1) is 19.2. The molecule has 0 aliphatic carbocycles. The molecule has 0 atom stereocenters. The first-order valence-electron chi connectivity index (χ1n) is 7.49. The molecule has 24 heavy (non-hydrogen) atoms. The van der Waals surface area contributed by atoms with E-state index in [1.807, 2.05) is 6.08 Å². The Morgan fingerprint density at radius 3 is 2.58 bits per heavy atom. The van der Waals surface area contributed by atoms with Gasteiger partial charge in [-0.15, -0.1) is 0 Å². The smallest absolute Gasteiger partial charge is 0.243 e. The second-order valence-electron chi connectivity index (χ2n) is 5.29. The standard InChI is InChI=1S/C15H19Cl2N3O3S/c16-12-2-1-3-13(17)15(12)24(22,23)20-9-6-14(21)19-10-11-4-7-18-8-5-11/h1-4,18,20H,5-10H2,(H,19,21). The number of hydrogen-bond donors (Lipinski definition) is 3. The molecule has 1 heterocycles. The van der Waals surface area contributed by atoms with Crippen molar-refractivity contribution in [3.63, 3.8) is 0 Å². The minimum atomic E-state index is -3.87. The van der Waals surface area contributed by atoms with E-state index in [1.165, 1.54) is 17.7 Å². The molecule has 1 amide bonds. The summed E-state index contributed by atoms with van der Waals surface area (Å²) in [4.78, 5) is 11.6. The molecular weight excluding hydrogens is 373 g/mol. The Morgan fingerprint density at radius 1 is 1.25 bits per heavy atom. The van der Waals surface area contributed by atoms with E-state index in [-0.39, 0.29) is 33.8 Å². The van der Waals surface area contributed by atoms with E-state index >= 15 is 0 Å². The van der Waals surface area contributed by atoms with Crippen molar-refractivity contribution >= 4 is 39.1 Å². The number of rotatable bonds is 7. The Kier molecular flexibility index (Phi) is 7.06. The predicted octanol–water partition coefficient (Wildman–Crippen LogP) is 1.70. The molecule has 6 nitrogen and oxygen atoms in total. The van der Waals surface area contributed by atoms with E-state index in [0.29, 0.717) is 6.54 Å². The van der Waals surface area contributed by atoms with Crippen LogP contribution in [0.25, 0.3) is 0 Å². The Bertz CT molecular complexity index is 715. The van der Waals surface area contributed by atoms with Crippen LogP contribution in [0.4, 0.5) is 0 Å². The number of nitrogens with one attached hydrogen (secondary N) is 3. The van der Waals surface area contributed by atoms with Crippen molar-refractivity contribution in [2.75, 3.05) is 26.2 Å². The van der Waals surface area contributed by atoms with Crippen LogP contribution in [0.2, 0.25) is 10.0 Å². The van der Waals surface area contributed by atoms with Crippen LogP contribution >= 0.6 is 23.2 Å². The highest BCUT2D eigenvalue weighted by atomic mass is 35.5. The second-order valence-corrected chi connectivity index (χ2v) is 7.81. The molecule has 1 aliphatic heterocycles. The molecule has 0 unspecified atom stereocenters. The second kappa shape index (κ2) is 8.82. The minimum absolute atomic E-state index is 0.0314. The summed E-state index contributed by atoms with van der Waals surface area (Å²) in [6.45, 7) is 2.17. The number of benzene rings is 1. The van der Waals surface area contributed by atoms with Gasteiger partial charge in [0.25, 0.3) is 0 Å². The number of carbonyl (C=O) groups excluding carboxylic acids is 1. The van der Waals surface area contributed by atoms with Crippen LogP contribution in [0, 0.1) is 0 Å². The molecule has 0 bridgehead atoms. The van der Waals surface area contributed by atoms with Crippen molar-refractivity contribution < 1.29 is 13.2 Å². The van der Waals surface area contributed by atoms with E-state index in [4.69, 9.17) is 23.2 Å². The average molecular weight is 392 g/mol. The third kappa shape index (κ3) is 5.46. The highest BCUT2D eigenvalue weighted by Crippen LogP contribution is 2.28. The van der Waals surface area contributed by atoms with Gasteiger partial charge in [0.2, 0.25) is 15.9 Å². The molecule has 0 radical (unpaired) electrons. The first-order valence-corrected chi connectivity index (χ1v) is 9.73. The Balaban J connectivity index is 1.82. The van der Waals surface area contributed by atoms with Crippen LogP contribution in [0.3, 0.4) is 0 Å². The molecule has 0 saturated heterocycles. The third-order valence-corrected chi connectivity index (χ3v) is 5.92. The normalized spacial score (nSPS) is 15.0. The molecule has 1 aliphatic rings. The van der Waals surface area contributed by atoms with Gasteiger partial charge < -0.3 is 10.6 Å². The van der Waals surface area contributed by atoms with Crippen molar-refractivity contribution in [3.8, 4) is 0 Å². The number of carbonyl (C=O) groups is 1. The lowest BCUT2D eigenvalue weighted by atomic mass is 10.1. The summed E-state index contributed by atoms with van der Waals surface area (Å²) >= 11 is 11.8. The predicted molar refractivity (Wildman–Crippen MR) is 94.8 cm³/mol. The maximum Gasteiger partial charge on any atom is 0.243 e. The van der Waals surface area contributed by atoms with Gasteiger partial charge in [-0.1, -0.05) is 40.9 Å². The summed E-state index contributed by atoms with van der Waals surface area (Å²) in [5, 5.41) is 6.05. The van der Waals surface area contributed by atoms with Gasteiger partial charge in [0.1, 0.15) is 4.90 Å². The van der Waals surface area contributed by atoms with Crippen molar-refractivity contribution in [2.24, 2.45) is 0 Å². The van der Waals surface area contributed by atoms with E-state index < -0.39 is 10.0 Å². The maximum absolute atomic E-state index is 12.2. The van der Waals surface area contributed by atoms with Crippen molar-refractivity contribution in [1.29, 1.82) is 0 Å². The van der Waals surface area contributed by atoms with E-state index in [9.17, 15) is 13.2 Å². The van der Waals surface area contributed by atoms with Crippen molar-refractivity contribution in [3.05, 3.63) is 39.9 Å². The van der Waals surface area contributed by atoms with Gasteiger partial charge in [-0.3, -0.25) is 4.79 Å². The van der Waals surface area contributed by atoms with Crippen LogP contribution in [-0.4, -0.2) is 40.5 Å². The fourth-order valence-corrected chi connectivity index (χ4v) is 4.41. The number of hydrogen-bond acceptors (Lipinski definition) is 4. The van der Waals surface area contributed by atoms with Crippen LogP contribution < -0.4 is 15.4 Å². The minimum Gasteiger partial charge on any atom is -0.352 e. The number of halogens is 2. The molecule has 9 heteroatoms. The van der Waals surface area contributed by atoms with Gasteiger partial charge >= 0.3 is 0 Å². The summed E-state index contributed by atoms with van der Waals surface area (Å²) in [6, 6.07) is 4.45. The van der Waals surface area contributed by atoms with Crippen LogP contribution in [-0.2, 0) is 14.8 Å². The zero-order valence-corrected chi connectivity index (χ0v) is 15.3. The van der Waals surface area contributed by atoms with E-state index in [0.717, 1.165) is 19.5 Å². The molecule has 0 saturated carbocycles. The lowest BCUT2D eigenvalue weighted by Crippen LogP contribution is -2.33. The molecule has 0 aromatic heterocycles. The van der Waals surface area contributed by atoms with Gasteiger partial charge in [-0.2, -0.15) is 0 Å². The van der Waals surface area contributed by atoms with Crippen LogP contribution in [0.15, 0.2) is 34.7 Å². The molecule has 1 aromatic rings. The summed E-state index contributed by atoms with van der Waals surface area (Å²) in [5.74, 6) is -0.220. The molecule has 0 spiro atoms. The zero-order chi connectivity index (χ0) is 17.6. The highest BCUT2D eigenvalue weighted by molar-refractivity contribution is 7.89. The lowest BCUT2D eigenvalue weighted by molar-refractivity contribution is -0.120. The molecule has 3 N–H and O–H groups in total. The van der Waals surface area contributed by atoms with E-state index in [1.54, 1.807) is 6.07 Å². The fraction of sp³-hybridized carbons (Fsp3) is 0.400. The van der Waals surface area contributed by atoms with Gasteiger partial charge in [0, 0.05) is 26.1 Å². The fourth-order valence-electron chi connectivity index (χ4n) is 2.24. The first-order chi connectivity index (χ1) is 11.4. The quantitative estimate of drug-likeness (QED) is 0.617. The van der Waals surface area contributed by atoms with E-state index in [2.05, 4.69) is 15.4 Å². The maximum atomic E-state index is 12.2. The zero-order valence-electron chi connectivity index (χ0n) is 12.9. The van der Waals surface area contributed by atoms with Gasteiger partial charge in [-0.25, -0.2) is 13.1 Å². The lowest BCUT2D eigenvalue weighted by Gasteiger charge is -2.14. The summed E-state index contributed by atoms with van der Waals surface area (Å²) in [6.07, 6.45) is 2.98. The van der Waals surface area contributed by atoms with Crippen LogP contribution in [0.5, 0.6) is 0 Å². The topological polar surface area (TPSA) is 87.3 Å². The van der Waals surface area contributed by atoms with Gasteiger partial charge in [-0.05, 0) is 25.1 Å². The van der Waals surface area contributed by atoms with Crippen LogP contribution in [0.1, 0.15) is 12.8 Å². The number of amides is 1. The summed E-state index contributed by atoms with van der Waals surface area (Å²) < 4.78 is 26.8. The average Bonchev–Trinajstić information content (AvgIpc) is 2.53. The SMILES string of the molecule is O=C(CCNS(=O)(=O)c1c(Cl)cccc1Cl)NCC1=CCNCC1. The monoisotopic (exact) mass is 391 g/mol. The summed E-state index contributed by atoms with van der Waals surface area (Å²) in [7, 11) is -3.87. The van der Waals surface area contributed by atoms with Crippen molar-refractivity contribution in [2.45, 2.75) is 17.7 Å². The van der Waals surface area contributed by atoms with Crippen molar-refractivity contribution in [1.82, 2.24) is 15.4 Å². The van der Waals surface area contributed by atoms with Gasteiger partial charge in [0.15, 0.2) is 0 Å². The van der Waals surface area contributed by atoms with Gasteiger partial charge in [0.05, 0.1) is 10.0 Å². The molecule has 2 rings (SSSR count). The molecule has 132 valence electrons. The molecular formula is C15H19Cl2N3O3S. The highest BCUT2D eigenvalue weighted by Gasteiger charge is 2.21. The third-order valence-electron chi connectivity index (χ3n) is 3.50. The Hall–Kier alpha value is -1.12.